The molecule has 0 aliphatic rings. The highest BCUT2D eigenvalue weighted by Gasteiger charge is 2.16. The van der Waals surface area contributed by atoms with Crippen molar-refractivity contribution in [3.63, 3.8) is 0 Å². The van der Waals surface area contributed by atoms with E-state index in [-0.39, 0.29) is 0 Å². The van der Waals surface area contributed by atoms with Gasteiger partial charge in [-0.3, -0.25) is 5.32 Å². The average Bonchev–Trinajstić information content (AvgIpc) is 1.99. The second kappa shape index (κ2) is 6.27. The van der Waals surface area contributed by atoms with Crippen LogP contribution in [0.3, 0.4) is 0 Å². The van der Waals surface area contributed by atoms with Crippen LogP contribution < -0.4 is 11.1 Å². The molecule has 0 unspecified atom stereocenters. The van der Waals surface area contributed by atoms with E-state index in [1.54, 1.807) is 4.90 Å². The van der Waals surface area contributed by atoms with E-state index in [1.165, 1.54) is 0 Å². The van der Waals surface area contributed by atoms with Gasteiger partial charge in [-0.05, 0) is 11.8 Å². The van der Waals surface area contributed by atoms with Gasteiger partial charge in [0.1, 0.15) is 0 Å². The minimum absolute atomic E-state index is 0.363. The maximum atomic E-state index is 11.5. The molecule has 0 aliphatic carbocycles. The molecule has 5 nitrogen and oxygen atoms in total. The van der Waals surface area contributed by atoms with E-state index < -0.39 is 12.1 Å². The fourth-order valence-electron chi connectivity index (χ4n) is 1.31. The van der Waals surface area contributed by atoms with Crippen molar-refractivity contribution in [2.24, 2.45) is 17.6 Å². The van der Waals surface area contributed by atoms with Gasteiger partial charge in [0, 0.05) is 13.1 Å². The normalized spacial score (nSPS) is 10.5. The van der Waals surface area contributed by atoms with Gasteiger partial charge in [0.15, 0.2) is 0 Å². The summed E-state index contributed by atoms with van der Waals surface area (Å²) in [5.41, 5.74) is 4.90. The number of amides is 4. The van der Waals surface area contributed by atoms with Gasteiger partial charge in [-0.25, -0.2) is 9.59 Å². The first kappa shape index (κ1) is 13.7. The lowest BCUT2D eigenvalue weighted by Gasteiger charge is -2.25. The van der Waals surface area contributed by atoms with E-state index in [9.17, 15) is 9.59 Å². The van der Waals surface area contributed by atoms with Crippen LogP contribution in [0, 0.1) is 11.8 Å². The van der Waals surface area contributed by atoms with E-state index >= 15 is 0 Å². The number of primary amides is 1. The highest BCUT2D eigenvalue weighted by atomic mass is 16.2. The number of nitrogens with one attached hydrogen (secondary N) is 1. The Morgan fingerprint density at radius 3 is 1.80 bits per heavy atom. The van der Waals surface area contributed by atoms with Crippen LogP contribution in [0.25, 0.3) is 0 Å². The summed E-state index contributed by atoms with van der Waals surface area (Å²) in [5, 5.41) is 2.08. The Morgan fingerprint density at radius 1 is 1.13 bits per heavy atom. The smallest absolute Gasteiger partial charge is 0.325 e. The highest BCUT2D eigenvalue weighted by molar-refractivity contribution is 5.92. The molecule has 3 N–H and O–H groups in total. The van der Waals surface area contributed by atoms with Crippen molar-refractivity contribution in [3.8, 4) is 0 Å². The maximum absolute atomic E-state index is 11.5. The Bertz CT molecular complexity index is 217. The molecular weight excluding hydrogens is 194 g/mol. The SMILES string of the molecule is CC(C)CN(CC(C)C)C(=O)NC(N)=O. The average molecular weight is 215 g/mol. The van der Waals surface area contributed by atoms with Gasteiger partial charge >= 0.3 is 12.1 Å². The van der Waals surface area contributed by atoms with E-state index in [4.69, 9.17) is 5.73 Å². The lowest BCUT2D eigenvalue weighted by Crippen LogP contribution is -2.47. The summed E-state index contributed by atoms with van der Waals surface area (Å²) >= 11 is 0. The van der Waals surface area contributed by atoms with E-state index in [1.807, 2.05) is 27.7 Å². The number of urea groups is 2. The zero-order chi connectivity index (χ0) is 12.0. The van der Waals surface area contributed by atoms with Crippen molar-refractivity contribution in [2.75, 3.05) is 13.1 Å². The molecule has 0 radical (unpaired) electrons. The van der Waals surface area contributed by atoms with E-state index in [0.29, 0.717) is 24.9 Å². The number of imide groups is 1. The summed E-state index contributed by atoms with van der Waals surface area (Å²) in [5.74, 6) is 0.727. The van der Waals surface area contributed by atoms with Crippen LogP contribution in [0.2, 0.25) is 0 Å². The van der Waals surface area contributed by atoms with Gasteiger partial charge < -0.3 is 10.6 Å². The first-order valence-electron chi connectivity index (χ1n) is 5.18. The van der Waals surface area contributed by atoms with Crippen LogP contribution in [-0.4, -0.2) is 30.1 Å². The largest absolute Gasteiger partial charge is 0.351 e. The topological polar surface area (TPSA) is 75.4 Å². The molecular formula is C10H21N3O2. The molecule has 0 aromatic heterocycles. The Kier molecular flexibility index (Phi) is 5.74. The Balaban J connectivity index is 4.33. The molecule has 4 amide bonds. The molecule has 0 heterocycles. The summed E-state index contributed by atoms with van der Waals surface area (Å²) < 4.78 is 0. The number of hydrogen-bond donors (Lipinski definition) is 2. The van der Waals surface area contributed by atoms with Crippen molar-refractivity contribution in [2.45, 2.75) is 27.7 Å². The Labute approximate surface area is 91.0 Å². The summed E-state index contributed by atoms with van der Waals surface area (Å²) in [6.07, 6.45) is 0. The Hall–Kier alpha value is -1.26. The molecule has 0 saturated heterocycles. The van der Waals surface area contributed by atoms with E-state index in [2.05, 4.69) is 5.32 Å². The molecule has 0 aromatic carbocycles. The first-order chi connectivity index (χ1) is 6.82. The zero-order valence-corrected chi connectivity index (χ0v) is 9.91. The maximum Gasteiger partial charge on any atom is 0.325 e. The van der Waals surface area contributed by atoms with Gasteiger partial charge in [-0.15, -0.1) is 0 Å². The fourth-order valence-corrected chi connectivity index (χ4v) is 1.31. The van der Waals surface area contributed by atoms with Gasteiger partial charge in [0.2, 0.25) is 0 Å². The molecule has 0 bridgehead atoms. The van der Waals surface area contributed by atoms with Crippen molar-refractivity contribution < 1.29 is 9.59 Å². The van der Waals surface area contributed by atoms with Crippen LogP contribution in [0.4, 0.5) is 9.59 Å². The number of carbonyl (C=O) groups excluding carboxylic acids is 2. The van der Waals surface area contributed by atoms with Gasteiger partial charge in [-0.1, -0.05) is 27.7 Å². The van der Waals surface area contributed by atoms with Crippen molar-refractivity contribution in [1.29, 1.82) is 0 Å². The monoisotopic (exact) mass is 215 g/mol. The predicted octanol–water partition coefficient (Wildman–Crippen LogP) is 1.39. The molecule has 0 saturated carbocycles. The third-order valence-electron chi connectivity index (χ3n) is 1.69. The van der Waals surface area contributed by atoms with E-state index in [0.717, 1.165) is 0 Å². The molecule has 0 aromatic rings. The lowest BCUT2D eigenvalue weighted by molar-refractivity contribution is 0.183. The van der Waals surface area contributed by atoms with Crippen molar-refractivity contribution in [1.82, 2.24) is 10.2 Å². The number of rotatable bonds is 4. The lowest BCUT2D eigenvalue weighted by atomic mass is 10.1. The van der Waals surface area contributed by atoms with Crippen molar-refractivity contribution >= 4 is 12.1 Å². The molecule has 0 aliphatic heterocycles. The summed E-state index contributed by atoms with van der Waals surface area (Å²) in [7, 11) is 0. The zero-order valence-electron chi connectivity index (χ0n) is 9.91. The molecule has 0 spiro atoms. The second-order valence-corrected chi connectivity index (χ2v) is 4.49. The Morgan fingerprint density at radius 2 is 1.53 bits per heavy atom. The fraction of sp³-hybridized carbons (Fsp3) is 0.800. The van der Waals surface area contributed by atoms with Crippen LogP contribution in [0.1, 0.15) is 27.7 Å². The summed E-state index contributed by atoms with van der Waals surface area (Å²) in [6.45, 7) is 9.32. The number of hydrogen-bond acceptors (Lipinski definition) is 2. The first-order valence-corrected chi connectivity index (χ1v) is 5.18. The molecule has 5 heteroatoms. The summed E-state index contributed by atoms with van der Waals surface area (Å²) in [6, 6.07) is -1.22. The minimum atomic E-state index is -0.808. The minimum Gasteiger partial charge on any atom is -0.351 e. The number of nitrogens with two attached hydrogens (primary N) is 1. The quantitative estimate of drug-likeness (QED) is 0.743. The second-order valence-electron chi connectivity index (χ2n) is 4.49. The van der Waals surface area contributed by atoms with Gasteiger partial charge in [0.05, 0.1) is 0 Å². The van der Waals surface area contributed by atoms with Crippen molar-refractivity contribution in [3.05, 3.63) is 0 Å². The highest BCUT2D eigenvalue weighted by Crippen LogP contribution is 2.03. The third kappa shape index (κ3) is 6.76. The van der Waals surface area contributed by atoms with Crippen LogP contribution in [-0.2, 0) is 0 Å². The molecule has 88 valence electrons. The van der Waals surface area contributed by atoms with Crippen LogP contribution >= 0.6 is 0 Å². The predicted molar refractivity (Wildman–Crippen MR) is 59.4 cm³/mol. The number of nitrogens with zero attached hydrogens (tertiary/aromatic N) is 1. The molecule has 0 fully saturated rings. The number of carbonyl (C=O) groups is 2. The molecule has 15 heavy (non-hydrogen) atoms. The van der Waals surface area contributed by atoms with Crippen LogP contribution in [0.5, 0.6) is 0 Å². The van der Waals surface area contributed by atoms with Crippen LogP contribution in [0.15, 0.2) is 0 Å². The summed E-state index contributed by atoms with van der Waals surface area (Å²) in [4.78, 5) is 23.7. The third-order valence-corrected chi connectivity index (χ3v) is 1.69. The standard InChI is InChI=1S/C10H21N3O2/c1-7(2)5-13(6-8(3)4)10(15)12-9(11)14/h7-8H,5-6H2,1-4H3,(H3,11,12,14,15). The molecule has 0 rings (SSSR count). The van der Waals surface area contributed by atoms with Gasteiger partial charge in [-0.2, -0.15) is 0 Å². The van der Waals surface area contributed by atoms with Gasteiger partial charge in [0.25, 0.3) is 0 Å². The molecule has 0 atom stereocenters.